The highest BCUT2D eigenvalue weighted by Crippen LogP contribution is 2.30. The molecule has 0 aliphatic carbocycles. The minimum atomic E-state index is -0.964. The van der Waals surface area contributed by atoms with Crippen LogP contribution < -0.4 is 0 Å². The lowest BCUT2D eigenvalue weighted by molar-refractivity contribution is -0.154. The molecule has 0 aromatic rings. The standard InChI is InChI=1S/C24H42N2O5/c1-7-21(27)26-10-8-19(9-11-26)20-15-31-23(29)18(4)22(28)17(3)13-24(5,30)12-16(2)14-25(20)6/h16-20,30H,7-15H2,1-6H3/t16-,17-,18-,20+,24-/m1/s1. The molecule has 0 aromatic carbocycles. The number of piperidine rings is 1. The number of amides is 1. The van der Waals surface area contributed by atoms with Crippen LogP contribution in [0.2, 0.25) is 0 Å². The molecule has 2 aliphatic rings. The maximum absolute atomic E-state index is 12.7. The van der Waals surface area contributed by atoms with Crippen molar-refractivity contribution in [2.75, 3.05) is 33.3 Å². The molecule has 2 aliphatic heterocycles. The van der Waals surface area contributed by atoms with Crippen LogP contribution in [-0.4, -0.2) is 77.5 Å². The lowest BCUT2D eigenvalue weighted by atomic mass is 9.81. The lowest BCUT2D eigenvalue weighted by Crippen LogP contribution is -2.49. The molecule has 1 N–H and O–H groups in total. The molecule has 178 valence electrons. The van der Waals surface area contributed by atoms with E-state index >= 15 is 0 Å². The predicted molar refractivity (Wildman–Crippen MR) is 119 cm³/mol. The molecule has 5 atom stereocenters. The first-order valence-corrected chi connectivity index (χ1v) is 11.9. The van der Waals surface area contributed by atoms with Crippen molar-refractivity contribution in [3.8, 4) is 0 Å². The van der Waals surface area contributed by atoms with Gasteiger partial charge in [-0.3, -0.25) is 19.3 Å². The van der Waals surface area contributed by atoms with Crippen LogP contribution in [-0.2, 0) is 19.1 Å². The number of nitrogens with zero attached hydrogens (tertiary/aromatic N) is 2. The van der Waals surface area contributed by atoms with Crippen LogP contribution in [0.4, 0.5) is 0 Å². The second-order valence-corrected chi connectivity index (χ2v) is 10.2. The van der Waals surface area contributed by atoms with E-state index in [-0.39, 0.29) is 30.3 Å². The number of likely N-dealkylation sites (N-methyl/N-ethyl adjacent to an activating group) is 1. The van der Waals surface area contributed by atoms with Crippen molar-refractivity contribution in [1.82, 2.24) is 9.80 Å². The number of ketones is 1. The fraction of sp³-hybridized carbons (Fsp3) is 0.875. The Balaban J connectivity index is 2.18. The Labute approximate surface area is 187 Å². The summed E-state index contributed by atoms with van der Waals surface area (Å²) in [4.78, 5) is 41.6. The van der Waals surface area contributed by atoms with Crippen molar-refractivity contribution in [3.63, 3.8) is 0 Å². The van der Waals surface area contributed by atoms with Crippen LogP contribution in [0.25, 0.3) is 0 Å². The van der Waals surface area contributed by atoms with Gasteiger partial charge in [0.1, 0.15) is 18.3 Å². The first-order chi connectivity index (χ1) is 14.4. The molecule has 1 amide bonds. The first-order valence-electron chi connectivity index (χ1n) is 11.9. The van der Waals surface area contributed by atoms with Gasteiger partial charge in [-0.2, -0.15) is 0 Å². The normalized spacial score (nSPS) is 35.6. The van der Waals surface area contributed by atoms with Gasteiger partial charge in [0, 0.05) is 38.0 Å². The average Bonchev–Trinajstić information content (AvgIpc) is 2.71. The Bertz CT molecular complexity index is 642. The van der Waals surface area contributed by atoms with Gasteiger partial charge in [-0.1, -0.05) is 20.8 Å². The maximum Gasteiger partial charge on any atom is 0.316 e. The summed E-state index contributed by atoms with van der Waals surface area (Å²) in [6, 6.07) is 0.0238. The van der Waals surface area contributed by atoms with Crippen LogP contribution in [0.3, 0.4) is 0 Å². The molecule has 7 nitrogen and oxygen atoms in total. The summed E-state index contributed by atoms with van der Waals surface area (Å²) >= 11 is 0. The van der Waals surface area contributed by atoms with E-state index in [0.717, 1.165) is 32.5 Å². The number of carbonyl (C=O) groups excluding carboxylic acids is 3. The van der Waals surface area contributed by atoms with E-state index in [1.807, 2.05) is 18.9 Å². The second-order valence-electron chi connectivity index (χ2n) is 10.2. The molecule has 2 rings (SSSR count). The third-order valence-corrected chi connectivity index (χ3v) is 7.10. The molecule has 2 heterocycles. The Kier molecular flexibility index (Phi) is 9.07. The molecule has 0 saturated carbocycles. The van der Waals surface area contributed by atoms with Gasteiger partial charge in [0.15, 0.2) is 0 Å². The van der Waals surface area contributed by atoms with Crippen LogP contribution in [0.1, 0.15) is 66.7 Å². The summed E-state index contributed by atoms with van der Waals surface area (Å²) < 4.78 is 5.66. The van der Waals surface area contributed by atoms with Crippen LogP contribution >= 0.6 is 0 Å². The second kappa shape index (κ2) is 10.9. The number of Topliss-reactive ketones (excluding diaryl/α,β-unsaturated/α-hetero) is 1. The highest BCUT2D eigenvalue weighted by atomic mass is 16.5. The maximum atomic E-state index is 12.7. The van der Waals surface area contributed by atoms with Crippen molar-refractivity contribution in [3.05, 3.63) is 0 Å². The van der Waals surface area contributed by atoms with Gasteiger partial charge < -0.3 is 14.7 Å². The smallest absolute Gasteiger partial charge is 0.316 e. The summed E-state index contributed by atoms with van der Waals surface area (Å²) in [6.07, 6.45) is 3.19. The fourth-order valence-corrected chi connectivity index (χ4v) is 5.50. The van der Waals surface area contributed by atoms with E-state index in [1.54, 1.807) is 20.8 Å². The van der Waals surface area contributed by atoms with E-state index in [9.17, 15) is 19.5 Å². The number of ether oxygens (including phenoxy) is 1. The Morgan fingerprint density at radius 3 is 2.35 bits per heavy atom. The Morgan fingerprint density at radius 2 is 1.77 bits per heavy atom. The number of hydrogen-bond acceptors (Lipinski definition) is 6. The summed E-state index contributed by atoms with van der Waals surface area (Å²) in [5.41, 5.74) is -0.964. The molecule has 0 spiro atoms. The van der Waals surface area contributed by atoms with Crippen molar-refractivity contribution in [2.24, 2.45) is 23.7 Å². The molecular weight excluding hydrogens is 396 g/mol. The molecule has 2 saturated heterocycles. The number of hydrogen-bond donors (Lipinski definition) is 1. The SMILES string of the molecule is CCC(=O)N1CCC([C@@H]2COC(=O)[C@H](C)C(=O)[C@H](C)C[C@](C)(O)C[C@@H](C)CN2C)CC1. The molecule has 2 fully saturated rings. The number of rotatable bonds is 2. The number of aliphatic hydroxyl groups is 1. The van der Waals surface area contributed by atoms with Gasteiger partial charge in [-0.05, 0) is 58.4 Å². The summed E-state index contributed by atoms with van der Waals surface area (Å²) in [7, 11) is 2.05. The summed E-state index contributed by atoms with van der Waals surface area (Å²) in [5, 5.41) is 10.9. The molecule has 0 aromatic heterocycles. The molecule has 7 heteroatoms. The predicted octanol–water partition coefficient (Wildman–Crippen LogP) is 2.50. The van der Waals surface area contributed by atoms with E-state index in [1.165, 1.54) is 0 Å². The van der Waals surface area contributed by atoms with Crippen molar-refractivity contribution in [1.29, 1.82) is 0 Å². The monoisotopic (exact) mass is 438 g/mol. The molecule has 0 radical (unpaired) electrons. The van der Waals surface area contributed by atoms with Crippen molar-refractivity contribution in [2.45, 2.75) is 78.4 Å². The minimum absolute atomic E-state index is 0.0238. The zero-order valence-electron chi connectivity index (χ0n) is 20.2. The number of esters is 1. The van der Waals surface area contributed by atoms with E-state index < -0.39 is 23.4 Å². The van der Waals surface area contributed by atoms with Gasteiger partial charge in [-0.25, -0.2) is 0 Å². The Hall–Kier alpha value is -1.47. The van der Waals surface area contributed by atoms with Gasteiger partial charge in [-0.15, -0.1) is 0 Å². The first kappa shape index (κ1) is 25.8. The average molecular weight is 439 g/mol. The van der Waals surface area contributed by atoms with Gasteiger partial charge in [0.2, 0.25) is 5.91 Å². The van der Waals surface area contributed by atoms with Crippen LogP contribution in [0.5, 0.6) is 0 Å². The topological polar surface area (TPSA) is 87.1 Å². The van der Waals surface area contributed by atoms with Crippen LogP contribution in [0.15, 0.2) is 0 Å². The zero-order chi connectivity index (χ0) is 23.3. The van der Waals surface area contributed by atoms with Gasteiger partial charge in [0.25, 0.3) is 0 Å². The number of likely N-dealkylation sites (tertiary alicyclic amines) is 1. The largest absolute Gasteiger partial charge is 0.463 e. The fourth-order valence-electron chi connectivity index (χ4n) is 5.50. The van der Waals surface area contributed by atoms with Crippen molar-refractivity contribution < 1.29 is 24.2 Å². The lowest BCUT2D eigenvalue weighted by Gasteiger charge is -2.40. The van der Waals surface area contributed by atoms with Crippen LogP contribution in [0, 0.1) is 23.7 Å². The summed E-state index contributed by atoms with van der Waals surface area (Å²) in [5.74, 6) is -1.18. The zero-order valence-corrected chi connectivity index (χ0v) is 20.2. The van der Waals surface area contributed by atoms with Gasteiger partial charge in [0.05, 0.1) is 5.60 Å². The number of cyclic esters (lactones) is 1. The van der Waals surface area contributed by atoms with Gasteiger partial charge >= 0.3 is 5.97 Å². The number of carbonyl (C=O) groups is 3. The molecular formula is C24H42N2O5. The van der Waals surface area contributed by atoms with E-state index in [0.29, 0.717) is 25.2 Å². The molecule has 0 bridgehead atoms. The minimum Gasteiger partial charge on any atom is -0.463 e. The quantitative estimate of drug-likeness (QED) is 0.527. The van der Waals surface area contributed by atoms with E-state index in [2.05, 4.69) is 11.8 Å². The highest BCUT2D eigenvalue weighted by molar-refractivity contribution is 5.99. The molecule has 0 unspecified atom stereocenters. The highest BCUT2D eigenvalue weighted by Gasteiger charge is 2.37. The van der Waals surface area contributed by atoms with Crippen molar-refractivity contribution >= 4 is 17.7 Å². The summed E-state index contributed by atoms with van der Waals surface area (Å²) in [6.45, 7) is 11.6. The third-order valence-electron chi connectivity index (χ3n) is 7.10. The van der Waals surface area contributed by atoms with E-state index in [4.69, 9.17) is 4.74 Å². The Morgan fingerprint density at radius 1 is 1.16 bits per heavy atom. The molecule has 31 heavy (non-hydrogen) atoms. The third kappa shape index (κ3) is 7.01.